The quantitative estimate of drug-likeness (QED) is 0.583. The van der Waals surface area contributed by atoms with Crippen molar-refractivity contribution in [3.8, 4) is 0 Å². The second-order valence-corrected chi connectivity index (χ2v) is 5.88. The number of halogens is 1. The van der Waals surface area contributed by atoms with E-state index < -0.39 is 0 Å². The lowest BCUT2D eigenvalue weighted by Gasteiger charge is -2.27. The Balaban J connectivity index is 2.81. The molecule has 2 nitrogen and oxygen atoms in total. The third kappa shape index (κ3) is 5.17. The summed E-state index contributed by atoms with van der Waals surface area (Å²) in [5.41, 5.74) is 7.01. The normalized spacial score (nSPS) is 11.3. The van der Waals surface area contributed by atoms with Crippen molar-refractivity contribution in [3.05, 3.63) is 35.1 Å². The van der Waals surface area contributed by atoms with E-state index in [9.17, 15) is 4.39 Å². The Morgan fingerprint density at radius 1 is 1.35 bits per heavy atom. The lowest BCUT2D eigenvalue weighted by molar-refractivity contribution is 0.206. The highest BCUT2D eigenvalue weighted by Gasteiger charge is 2.13. The summed E-state index contributed by atoms with van der Waals surface area (Å²) in [7, 11) is 0. The van der Waals surface area contributed by atoms with Crippen molar-refractivity contribution in [2.75, 3.05) is 6.54 Å². The lowest BCUT2D eigenvalue weighted by atomic mass is 10.1. The Labute approximate surface area is 127 Å². The van der Waals surface area contributed by atoms with Gasteiger partial charge in [-0.2, -0.15) is 0 Å². The molecule has 0 aliphatic carbocycles. The Morgan fingerprint density at radius 2 is 2.05 bits per heavy atom. The first-order chi connectivity index (χ1) is 9.45. The summed E-state index contributed by atoms with van der Waals surface area (Å²) in [4.78, 5) is 2.60. The van der Waals surface area contributed by atoms with E-state index in [4.69, 9.17) is 18.0 Å². The monoisotopic (exact) mass is 296 g/mol. The molecule has 112 valence electrons. The van der Waals surface area contributed by atoms with E-state index in [0.29, 0.717) is 23.1 Å². The highest BCUT2D eigenvalue weighted by molar-refractivity contribution is 7.80. The van der Waals surface area contributed by atoms with Crippen molar-refractivity contribution in [2.45, 2.75) is 52.6 Å². The van der Waals surface area contributed by atoms with E-state index in [2.05, 4.69) is 25.7 Å². The van der Waals surface area contributed by atoms with E-state index in [1.54, 1.807) is 12.1 Å². The molecular weight excluding hydrogens is 271 g/mol. The van der Waals surface area contributed by atoms with Crippen molar-refractivity contribution in [2.24, 2.45) is 5.73 Å². The van der Waals surface area contributed by atoms with Crippen LogP contribution in [0.2, 0.25) is 0 Å². The van der Waals surface area contributed by atoms with Crippen molar-refractivity contribution in [3.63, 3.8) is 0 Å². The van der Waals surface area contributed by atoms with Crippen LogP contribution < -0.4 is 5.73 Å². The van der Waals surface area contributed by atoms with Gasteiger partial charge in [-0.3, -0.25) is 4.90 Å². The molecular formula is C16H25FN2S. The predicted octanol–water partition coefficient (Wildman–Crippen LogP) is 3.86. The number of hydrogen-bond acceptors (Lipinski definition) is 2. The third-order valence-corrected chi connectivity index (χ3v) is 3.72. The maximum Gasteiger partial charge on any atom is 0.127 e. The van der Waals surface area contributed by atoms with Crippen LogP contribution in [0.3, 0.4) is 0 Å². The second kappa shape index (κ2) is 8.32. The highest BCUT2D eigenvalue weighted by Crippen LogP contribution is 2.16. The van der Waals surface area contributed by atoms with Gasteiger partial charge in [0.25, 0.3) is 0 Å². The molecule has 0 saturated carbocycles. The van der Waals surface area contributed by atoms with Gasteiger partial charge in [0.1, 0.15) is 10.8 Å². The van der Waals surface area contributed by atoms with Gasteiger partial charge in [0.2, 0.25) is 0 Å². The second-order valence-electron chi connectivity index (χ2n) is 5.44. The Morgan fingerprint density at radius 3 is 2.60 bits per heavy atom. The van der Waals surface area contributed by atoms with Crippen LogP contribution in [0.15, 0.2) is 18.2 Å². The molecule has 1 rings (SSSR count). The summed E-state index contributed by atoms with van der Waals surface area (Å²) >= 11 is 4.96. The third-order valence-electron chi connectivity index (χ3n) is 3.48. The van der Waals surface area contributed by atoms with Crippen LogP contribution in [0.25, 0.3) is 0 Å². The van der Waals surface area contributed by atoms with Crippen LogP contribution in [-0.4, -0.2) is 22.5 Å². The van der Waals surface area contributed by atoms with Crippen LogP contribution in [0.1, 0.15) is 51.2 Å². The molecule has 0 heterocycles. The number of benzene rings is 1. The zero-order valence-corrected chi connectivity index (χ0v) is 13.5. The SMILES string of the molecule is CCCCCN(Cc1cc(C(N)=S)ccc1F)C(C)C. The summed E-state index contributed by atoms with van der Waals surface area (Å²) in [5.74, 6) is -0.189. The molecule has 1 aromatic rings. The molecule has 0 fully saturated rings. The fourth-order valence-corrected chi connectivity index (χ4v) is 2.28. The van der Waals surface area contributed by atoms with Crippen LogP contribution in [0, 0.1) is 5.82 Å². The highest BCUT2D eigenvalue weighted by atomic mass is 32.1. The van der Waals surface area contributed by atoms with Gasteiger partial charge in [-0.05, 0) is 45.0 Å². The average Bonchev–Trinajstić information content (AvgIpc) is 2.39. The largest absolute Gasteiger partial charge is 0.389 e. The van der Waals surface area contributed by atoms with Gasteiger partial charge in [0.15, 0.2) is 0 Å². The fraction of sp³-hybridized carbons (Fsp3) is 0.562. The summed E-state index contributed by atoms with van der Waals surface area (Å²) < 4.78 is 13.9. The fourth-order valence-electron chi connectivity index (χ4n) is 2.15. The number of nitrogens with zero attached hydrogens (tertiary/aromatic N) is 1. The molecule has 0 aliphatic rings. The van der Waals surface area contributed by atoms with Crippen molar-refractivity contribution in [1.82, 2.24) is 4.90 Å². The van der Waals surface area contributed by atoms with E-state index in [-0.39, 0.29) is 5.82 Å². The maximum absolute atomic E-state index is 13.9. The number of thiocarbonyl (C=S) groups is 1. The number of hydrogen-bond donors (Lipinski definition) is 1. The standard InChI is InChI=1S/C16H25FN2S/c1-4-5-6-9-19(12(2)3)11-14-10-13(16(18)20)7-8-15(14)17/h7-8,10,12H,4-6,9,11H2,1-3H3,(H2,18,20). The maximum atomic E-state index is 13.9. The summed E-state index contributed by atoms with van der Waals surface area (Å²) in [6, 6.07) is 5.25. The average molecular weight is 296 g/mol. The Bertz CT molecular complexity index is 446. The molecule has 0 aromatic heterocycles. The molecule has 0 amide bonds. The van der Waals surface area contributed by atoms with E-state index in [1.807, 2.05) is 0 Å². The number of unbranched alkanes of at least 4 members (excludes halogenated alkanes) is 2. The lowest BCUT2D eigenvalue weighted by Crippen LogP contribution is -2.31. The van der Waals surface area contributed by atoms with E-state index >= 15 is 0 Å². The van der Waals surface area contributed by atoms with Crippen molar-refractivity contribution < 1.29 is 4.39 Å². The first kappa shape index (κ1) is 17.1. The molecule has 1 aromatic carbocycles. The molecule has 20 heavy (non-hydrogen) atoms. The molecule has 0 atom stereocenters. The van der Waals surface area contributed by atoms with Gasteiger partial charge in [0, 0.05) is 23.7 Å². The number of nitrogens with two attached hydrogens (primary N) is 1. The molecule has 0 aliphatic heterocycles. The topological polar surface area (TPSA) is 29.3 Å². The van der Waals surface area contributed by atoms with Gasteiger partial charge in [-0.15, -0.1) is 0 Å². The minimum Gasteiger partial charge on any atom is -0.389 e. The van der Waals surface area contributed by atoms with Gasteiger partial charge >= 0.3 is 0 Å². The molecule has 0 spiro atoms. The summed E-state index contributed by atoms with van der Waals surface area (Å²) in [6.45, 7) is 8.06. The molecule has 0 unspecified atom stereocenters. The van der Waals surface area contributed by atoms with Gasteiger partial charge in [-0.25, -0.2) is 4.39 Å². The van der Waals surface area contributed by atoms with Gasteiger partial charge in [-0.1, -0.05) is 32.0 Å². The van der Waals surface area contributed by atoms with Crippen molar-refractivity contribution in [1.29, 1.82) is 0 Å². The predicted molar refractivity (Wildman–Crippen MR) is 87.4 cm³/mol. The Kier molecular flexibility index (Phi) is 7.10. The Hall–Kier alpha value is -1.00. The molecule has 0 radical (unpaired) electrons. The molecule has 2 N–H and O–H groups in total. The van der Waals surface area contributed by atoms with Crippen molar-refractivity contribution >= 4 is 17.2 Å². The molecule has 0 saturated heterocycles. The van der Waals surface area contributed by atoms with Crippen LogP contribution >= 0.6 is 12.2 Å². The van der Waals surface area contributed by atoms with E-state index in [0.717, 1.165) is 18.5 Å². The van der Waals surface area contributed by atoms with E-state index in [1.165, 1.54) is 18.9 Å². The minimum atomic E-state index is -0.189. The molecule has 0 bridgehead atoms. The van der Waals surface area contributed by atoms with Crippen LogP contribution in [-0.2, 0) is 6.54 Å². The van der Waals surface area contributed by atoms with Gasteiger partial charge < -0.3 is 5.73 Å². The first-order valence-electron chi connectivity index (χ1n) is 7.28. The zero-order valence-electron chi connectivity index (χ0n) is 12.7. The van der Waals surface area contributed by atoms with Crippen LogP contribution in [0.5, 0.6) is 0 Å². The summed E-state index contributed by atoms with van der Waals surface area (Å²) in [5, 5.41) is 0. The zero-order chi connectivity index (χ0) is 15.1. The smallest absolute Gasteiger partial charge is 0.127 e. The number of rotatable bonds is 8. The van der Waals surface area contributed by atoms with Gasteiger partial charge in [0.05, 0.1) is 0 Å². The minimum absolute atomic E-state index is 0.189. The summed E-state index contributed by atoms with van der Waals surface area (Å²) in [6.07, 6.45) is 3.54. The first-order valence-corrected chi connectivity index (χ1v) is 7.68. The van der Waals surface area contributed by atoms with Crippen LogP contribution in [0.4, 0.5) is 4.39 Å². The molecule has 4 heteroatoms.